The zero-order chi connectivity index (χ0) is 8.43. The molecule has 1 heterocycles. The van der Waals surface area contributed by atoms with Crippen molar-refractivity contribution in [2.45, 2.75) is 6.54 Å². The molecule has 0 saturated heterocycles. The first-order valence-electron chi connectivity index (χ1n) is 2.70. The molecule has 0 aliphatic rings. The molecule has 0 aromatic carbocycles. The van der Waals surface area contributed by atoms with Crippen molar-refractivity contribution in [3.63, 3.8) is 0 Å². The van der Waals surface area contributed by atoms with Gasteiger partial charge < -0.3 is 5.11 Å². The molecule has 0 unspecified atom stereocenters. The smallest absolute Gasteiger partial charge is 0.325 e. The van der Waals surface area contributed by atoms with Crippen molar-refractivity contribution in [2.24, 2.45) is 0 Å². The Balaban J connectivity index is 2.81. The molecule has 1 N–H and O–H groups in total. The fourth-order valence-electron chi connectivity index (χ4n) is 0.593. The predicted molar refractivity (Wildman–Crippen MR) is 47.6 cm³/mol. The Morgan fingerprint density at radius 3 is 2.91 bits per heavy atom. The van der Waals surface area contributed by atoms with Crippen molar-refractivity contribution in [1.29, 1.82) is 0 Å². The third-order valence-electron chi connectivity index (χ3n) is 0.973. The molecule has 1 rings (SSSR count). The van der Waals surface area contributed by atoms with Crippen LogP contribution < -0.4 is 0 Å². The molecule has 0 fully saturated rings. The molecule has 0 aliphatic carbocycles. The van der Waals surface area contributed by atoms with Crippen LogP contribution in [-0.4, -0.2) is 20.9 Å². The van der Waals surface area contributed by atoms with E-state index in [1.165, 1.54) is 10.9 Å². The number of aromatic nitrogens is 2. The molecule has 1 aromatic rings. The van der Waals surface area contributed by atoms with Gasteiger partial charge in [0.2, 0.25) is 0 Å². The number of hydrogen-bond acceptors (Lipinski definition) is 2. The normalized spacial score (nSPS) is 10.0. The Morgan fingerprint density at radius 1 is 1.91 bits per heavy atom. The maximum absolute atomic E-state index is 10.2. The first kappa shape index (κ1) is 8.79. The lowest BCUT2D eigenvalue weighted by Gasteiger charge is -1.91. The summed E-state index contributed by atoms with van der Waals surface area (Å²) in [4.78, 5) is 10.2. The summed E-state index contributed by atoms with van der Waals surface area (Å²) in [6.07, 6.45) is 1.48. The van der Waals surface area contributed by atoms with Gasteiger partial charge in [-0.15, -0.1) is 0 Å². The Hall–Kier alpha value is -0.300. The topological polar surface area (TPSA) is 55.1 Å². The van der Waals surface area contributed by atoms with Gasteiger partial charge in [-0.2, -0.15) is 5.10 Å². The minimum atomic E-state index is -0.930. The summed E-state index contributed by atoms with van der Waals surface area (Å²) in [5, 5.41) is 12.7. The molecular formula is C5H4ClIN2O2. The van der Waals surface area contributed by atoms with E-state index in [-0.39, 0.29) is 6.54 Å². The number of hydrogen-bond donors (Lipinski definition) is 1. The number of aliphatic carboxylic acids is 1. The molecule has 0 bridgehead atoms. The lowest BCUT2D eigenvalue weighted by molar-refractivity contribution is -0.137. The van der Waals surface area contributed by atoms with Gasteiger partial charge in [0.15, 0.2) is 0 Å². The van der Waals surface area contributed by atoms with Crippen molar-refractivity contribution < 1.29 is 9.90 Å². The second-order valence-corrected chi connectivity index (χ2v) is 3.29. The highest BCUT2D eigenvalue weighted by Gasteiger charge is 2.05. The number of rotatable bonds is 2. The van der Waals surface area contributed by atoms with Gasteiger partial charge in [0.25, 0.3) is 0 Å². The van der Waals surface area contributed by atoms with E-state index < -0.39 is 5.97 Å². The Kier molecular flexibility index (Phi) is 2.72. The fraction of sp³-hybridized carbons (Fsp3) is 0.200. The van der Waals surface area contributed by atoms with Crippen molar-refractivity contribution in [3.8, 4) is 0 Å². The number of carboxylic acids is 1. The SMILES string of the molecule is O=C(O)Cn1cc(Cl)c(I)n1. The van der Waals surface area contributed by atoms with E-state index >= 15 is 0 Å². The van der Waals surface area contributed by atoms with Gasteiger partial charge in [0.05, 0.1) is 5.02 Å². The average Bonchev–Trinajstić information content (AvgIpc) is 2.10. The van der Waals surface area contributed by atoms with E-state index in [4.69, 9.17) is 16.7 Å². The van der Waals surface area contributed by atoms with Crippen LogP contribution >= 0.6 is 34.2 Å². The first-order chi connectivity index (χ1) is 5.09. The third kappa shape index (κ3) is 2.33. The Bertz CT molecular complexity index is 267. The Morgan fingerprint density at radius 2 is 2.55 bits per heavy atom. The highest BCUT2D eigenvalue weighted by molar-refractivity contribution is 14.1. The van der Waals surface area contributed by atoms with Gasteiger partial charge in [-0.3, -0.25) is 9.48 Å². The molecule has 0 aliphatic heterocycles. The molecule has 11 heavy (non-hydrogen) atoms. The lowest BCUT2D eigenvalue weighted by atomic mass is 10.6. The van der Waals surface area contributed by atoms with Crippen LogP contribution in [0.25, 0.3) is 0 Å². The second-order valence-electron chi connectivity index (χ2n) is 1.86. The van der Waals surface area contributed by atoms with Crippen LogP contribution in [0.4, 0.5) is 0 Å². The molecule has 0 amide bonds. The first-order valence-corrected chi connectivity index (χ1v) is 4.15. The minimum absolute atomic E-state index is 0.150. The zero-order valence-corrected chi connectivity index (χ0v) is 8.20. The number of nitrogens with zero attached hydrogens (tertiary/aromatic N) is 2. The van der Waals surface area contributed by atoms with E-state index in [1.54, 1.807) is 0 Å². The summed E-state index contributed by atoms with van der Waals surface area (Å²) in [5.41, 5.74) is 0. The standard InChI is InChI=1S/C5H4ClIN2O2/c6-3-1-9(2-4(10)11)8-5(3)7/h1H,2H2,(H,10,11). The number of carbonyl (C=O) groups is 1. The molecule has 6 heteroatoms. The fourth-order valence-corrected chi connectivity index (χ4v) is 1.16. The van der Waals surface area contributed by atoms with Crippen molar-refractivity contribution >= 4 is 40.2 Å². The summed E-state index contributed by atoms with van der Waals surface area (Å²) in [6, 6.07) is 0. The largest absolute Gasteiger partial charge is 0.480 e. The molecule has 0 spiro atoms. The van der Waals surface area contributed by atoms with E-state index in [9.17, 15) is 4.79 Å². The number of halogens is 2. The van der Waals surface area contributed by atoms with Crippen LogP contribution in [0.15, 0.2) is 6.20 Å². The second kappa shape index (κ2) is 3.40. The van der Waals surface area contributed by atoms with Crippen LogP contribution in [0.5, 0.6) is 0 Å². The minimum Gasteiger partial charge on any atom is -0.480 e. The molecular weight excluding hydrogens is 282 g/mol. The highest BCUT2D eigenvalue weighted by atomic mass is 127. The van der Waals surface area contributed by atoms with Crippen molar-refractivity contribution in [1.82, 2.24) is 9.78 Å². The van der Waals surface area contributed by atoms with E-state index in [1.807, 2.05) is 22.6 Å². The summed E-state index contributed by atoms with van der Waals surface area (Å²) >= 11 is 7.56. The number of carboxylic acid groups (broad SMARTS) is 1. The van der Waals surface area contributed by atoms with Gasteiger partial charge >= 0.3 is 5.97 Å². The maximum Gasteiger partial charge on any atom is 0.325 e. The molecule has 0 atom stereocenters. The summed E-state index contributed by atoms with van der Waals surface area (Å²) in [5.74, 6) is -0.930. The maximum atomic E-state index is 10.2. The van der Waals surface area contributed by atoms with Gasteiger partial charge in [-0.05, 0) is 22.6 Å². The van der Waals surface area contributed by atoms with E-state index in [2.05, 4.69) is 5.10 Å². The zero-order valence-electron chi connectivity index (χ0n) is 5.29. The van der Waals surface area contributed by atoms with Crippen LogP contribution in [0.2, 0.25) is 5.02 Å². The summed E-state index contributed by atoms with van der Waals surface area (Å²) < 4.78 is 1.90. The molecule has 60 valence electrons. The molecule has 0 radical (unpaired) electrons. The van der Waals surface area contributed by atoms with Crippen LogP contribution in [0.1, 0.15) is 0 Å². The highest BCUT2D eigenvalue weighted by Crippen LogP contribution is 2.15. The van der Waals surface area contributed by atoms with Gasteiger partial charge in [0.1, 0.15) is 10.2 Å². The predicted octanol–water partition coefficient (Wildman–Crippen LogP) is 1.23. The van der Waals surface area contributed by atoms with E-state index in [0.29, 0.717) is 8.72 Å². The van der Waals surface area contributed by atoms with Crippen LogP contribution in [0.3, 0.4) is 0 Å². The van der Waals surface area contributed by atoms with Crippen molar-refractivity contribution in [3.05, 3.63) is 14.9 Å². The average molecular weight is 286 g/mol. The third-order valence-corrected chi connectivity index (χ3v) is 2.37. The van der Waals surface area contributed by atoms with E-state index in [0.717, 1.165) is 0 Å². The van der Waals surface area contributed by atoms with Crippen molar-refractivity contribution in [2.75, 3.05) is 0 Å². The van der Waals surface area contributed by atoms with Gasteiger partial charge in [-0.25, -0.2) is 0 Å². The summed E-state index contributed by atoms with van der Waals surface area (Å²) in [7, 11) is 0. The molecule has 0 saturated carbocycles. The monoisotopic (exact) mass is 286 g/mol. The Labute approximate surface area is 81.3 Å². The van der Waals surface area contributed by atoms with Crippen LogP contribution in [-0.2, 0) is 11.3 Å². The lowest BCUT2D eigenvalue weighted by Crippen LogP contribution is -2.08. The summed E-state index contributed by atoms with van der Waals surface area (Å²) in [6.45, 7) is -0.150. The van der Waals surface area contributed by atoms with Gasteiger partial charge in [-0.1, -0.05) is 11.6 Å². The van der Waals surface area contributed by atoms with Gasteiger partial charge in [0, 0.05) is 6.20 Å². The molecule has 4 nitrogen and oxygen atoms in total. The van der Waals surface area contributed by atoms with Crippen LogP contribution in [0, 0.1) is 3.70 Å². The molecule has 1 aromatic heterocycles. The quantitative estimate of drug-likeness (QED) is 0.832.